The van der Waals surface area contributed by atoms with Gasteiger partial charge in [-0.15, -0.1) is 0 Å². The van der Waals surface area contributed by atoms with Crippen molar-refractivity contribution in [2.75, 3.05) is 27.2 Å². The molecule has 3 aromatic rings. The maximum atomic E-state index is 13.6. The van der Waals surface area contributed by atoms with Gasteiger partial charge < -0.3 is 24.6 Å². The van der Waals surface area contributed by atoms with Crippen molar-refractivity contribution in [3.8, 4) is 5.75 Å². The monoisotopic (exact) mass is 629 g/mol. The lowest BCUT2D eigenvalue weighted by Crippen LogP contribution is -2.62. The highest BCUT2D eigenvalue weighted by atomic mass is 16.6. The molecule has 12 nitrogen and oxygen atoms in total. The number of carbonyl (C=O) groups is 4. The summed E-state index contributed by atoms with van der Waals surface area (Å²) in [5, 5.41) is 12.8. The predicted molar refractivity (Wildman–Crippen MR) is 168 cm³/mol. The number of hydrogen-bond donors (Lipinski definition) is 1. The van der Waals surface area contributed by atoms with Crippen LogP contribution in [0.25, 0.3) is 10.8 Å². The third kappa shape index (κ3) is 6.08. The van der Waals surface area contributed by atoms with E-state index < -0.39 is 16.9 Å². The number of likely N-dealkylation sites (N-methyl/N-ethyl adjacent to an activating group) is 1. The highest BCUT2D eigenvalue weighted by Gasteiger charge is 2.59. The van der Waals surface area contributed by atoms with Crippen LogP contribution < -0.4 is 10.5 Å². The molecular weight excluding hydrogens is 592 g/mol. The fraction of sp³-hybridized carbons (Fsp3) is 0.353. The highest BCUT2D eigenvalue weighted by molar-refractivity contribution is 6.06. The largest absolute Gasteiger partial charge is 0.488 e. The van der Waals surface area contributed by atoms with Gasteiger partial charge in [-0.05, 0) is 29.5 Å². The normalized spacial score (nSPS) is 19.2. The van der Waals surface area contributed by atoms with Crippen LogP contribution >= 0.6 is 0 Å². The number of fused-ring (bicyclic) bond motifs is 2. The van der Waals surface area contributed by atoms with E-state index >= 15 is 0 Å². The maximum Gasteiger partial charge on any atom is 0.363 e. The molecule has 1 fully saturated rings. The van der Waals surface area contributed by atoms with E-state index in [9.17, 15) is 29.3 Å². The molecule has 5 rings (SSSR count). The first-order valence-electron chi connectivity index (χ1n) is 15.0. The minimum Gasteiger partial charge on any atom is -0.488 e. The van der Waals surface area contributed by atoms with Crippen LogP contribution in [0.2, 0.25) is 0 Å². The third-order valence-corrected chi connectivity index (χ3v) is 8.74. The number of hydrogen-bond acceptors (Lipinski definition) is 8. The zero-order valence-electron chi connectivity index (χ0n) is 26.4. The fourth-order valence-electron chi connectivity index (χ4n) is 6.63. The molecule has 2 amide bonds. The molecule has 1 saturated heterocycles. The lowest BCUT2D eigenvalue weighted by atomic mass is 9.74. The van der Waals surface area contributed by atoms with Gasteiger partial charge in [0.2, 0.25) is 5.91 Å². The molecule has 0 aliphatic carbocycles. The van der Waals surface area contributed by atoms with E-state index in [0.29, 0.717) is 22.4 Å². The molecule has 0 saturated carbocycles. The number of nitro groups is 1. The van der Waals surface area contributed by atoms with Crippen molar-refractivity contribution >= 4 is 40.2 Å². The van der Waals surface area contributed by atoms with Gasteiger partial charge >= 0.3 is 11.9 Å². The Hall–Kier alpha value is -5.10. The average molecular weight is 630 g/mol. The van der Waals surface area contributed by atoms with Crippen molar-refractivity contribution < 1.29 is 38.1 Å². The van der Waals surface area contributed by atoms with Crippen molar-refractivity contribution in [1.29, 1.82) is 0 Å². The summed E-state index contributed by atoms with van der Waals surface area (Å²) >= 11 is 0. The second-order valence-corrected chi connectivity index (χ2v) is 12.9. The number of quaternary nitrogens is 1. The number of rotatable bonds is 11. The molecule has 2 heterocycles. The van der Waals surface area contributed by atoms with Crippen LogP contribution in [0.5, 0.6) is 5.75 Å². The number of nitrogens with zero attached hydrogens (tertiary/aromatic N) is 3. The second kappa shape index (κ2) is 12.4. The van der Waals surface area contributed by atoms with Gasteiger partial charge in [-0.3, -0.25) is 19.7 Å². The average Bonchev–Trinajstić information content (AvgIpc) is 3.22. The summed E-state index contributed by atoms with van der Waals surface area (Å²) < 4.78 is 11.9. The molecule has 2 aliphatic rings. The fourth-order valence-corrected chi connectivity index (χ4v) is 6.63. The molecule has 3 aromatic carbocycles. The number of primary amides is 1. The summed E-state index contributed by atoms with van der Waals surface area (Å²) in [6.07, 6.45) is 0. The van der Waals surface area contributed by atoms with Crippen LogP contribution in [0.3, 0.4) is 0 Å². The van der Waals surface area contributed by atoms with Gasteiger partial charge in [0.25, 0.3) is 11.6 Å². The number of amides is 2. The van der Waals surface area contributed by atoms with E-state index in [2.05, 4.69) is 0 Å². The molecule has 3 atom stereocenters. The van der Waals surface area contributed by atoms with Gasteiger partial charge in [-0.1, -0.05) is 51.1 Å². The zero-order chi connectivity index (χ0) is 33.5. The van der Waals surface area contributed by atoms with Gasteiger partial charge in [0.15, 0.2) is 6.54 Å². The molecule has 12 heteroatoms. The standard InChI is InChI=1S/C34H36N4O8/c1-19(2)29-30-20(3)26(31(36(30)32(29)40)34(42)46-33(41)21-12-14-23(15-13-21)37(43)44)18-45-27-11-7-9-24-22(8-6-10-25(24)27)16-38(4,5)17-28(35)39/h6-15,19-20,29-30H,16-18H2,1-5H3,(H-,35,39)/p+1/t20-,29+,30+/m0/s1. The predicted octanol–water partition coefficient (Wildman–Crippen LogP) is 3.96. The first kappa shape index (κ1) is 32.3. The van der Waals surface area contributed by atoms with Gasteiger partial charge in [0.05, 0.1) is 36.5 Å². The molecule has 0 spiro atoms. The SMILES string of the molecule is CC(C)[C@H]1C(=O)N2C(C(=O)OC(=O)c3ccc([N+](=O)[O-])cc3)=C(COc3cccc4c(C[N+](C)(C)CC(N)=O)cccc34)[C@H](C)[C@H]12. The Morgan fingerprint density at radius 2 is 1.65 bits per heavy atom. The van der Waals surface area contributed by atoms with E-state index in [0.717, 1.165) is 28.5 Å². The van der Waals surface area contributed by atoms with Crippen molar-refractivity contribution in [3.63, 3.8) is 0 Å². The quantitative estimate of drug-likeness (QED) is 0.0833. The summed E-state index contributed by atoms with van der Waals surface area (Å²) in [6, 6.07) is 15.9. The summed E-state index contributed by atoms with van der Waals surface area (Å²) in [5.41, 5.74) is 6.74. The van der Waals surface area contributed by atoms with Gasteiger partial charge in [-0.25, -0.2) is 9.59 Å². The molecule has 240 valence electrons. The number of β-lactam (4-membered cyclic amide) rings is 1. The van der Waals surface area contributed by atoms with E-state index in [1.807, 2.05) is 71.3 Å². The van der Waals surface area contributed by atoms with Crippen molar-refractivity contribution in [2.45, 2.75) is 33.4 Å². The highest BCUT2D eigenvalue weighted by Crippen LogP contribution is 2.49. The Labute approximate surface area is 266 Å². The number of non-ortho nitro benzene ring substituents is 1. The molecular formula is C34H37N4O8+. The number of benzene rings is 3. The Morgan fingerprint density at radius 1 is 1.00 bits per heavy atom. The summed E-state index contributed by atoms with van der Waals surface area (Å²) in [4.78, 5) is 63.1. The summed E-state index contributed by atoms with van der Waals surface area (Å²) in [6.45, 7) is 6.53. The molecule has 2 aliphatic heterocycles. The number of carbonyl (C=O) groups excluding carboxylic acids is 4. The summed E-state index contributed by atoms with van der Waals surface area (Å²) in [5.74, 6) is -2.54. The number of esters is 2. The Morgan fingerprint density at radius 3 is 2.28 bits per heavy atom. The molecule has 46 heavy (non-hydrogen) atoms. The van der Waals surface area contributed by atoms with Crippen molar-refractivity contribution in [1.82, 2.24) is 4.90 Å². The van der Waals surface area contributed by atoms with E-state index in [4.69, 9.17) is 15.2 Å². The molecule has 2 N–H and O–H groups in total. The lowest BCUT2D eigenvalue weighted by molar-refractivity contribution is -0.895. The number of nitro benzene ring substituents is 1. The first-order valence-corrected chi connectivity index (χ1v) is 15.0. The number of ether oxygens (including phenoxy) is 2. The second-order valence-electron chi connectivity index (χ2n) is 12.9. The minimum atomic E-state index is -0.989. The van der Waals surface area contributed by atoms with Gasteiger partial charge in [0.1, 0.15) is 24.6 Å². The van der Waals surface area contributed by atoms with Gasteiger partial charge in [0, 0.05) is 34.6 Å². The Balaban J connectivity index is 1.44. The van der Waals surface area contributed by atoms with Crippen LogP contribution in [0.4, 0.5) is 5.69 Å². The van der Waals surface area contributed by atoms with E-state index in [1.54, 1.807) is 0 Å². The summed E-state index contributed by atoms with van der Waals surface area (Å²) in [7, 11) is 3.86. The van der Waals surface area contributed by atoms with E-state index in [1.165, 1.54) is 17.0 Å². The van der Waals surface area contributed by atoms with Crippen LogP contribution in [0.1, 0.15) is 36.7 Å². The smallest absolute Gasteiger partial charge is 0.363 e. The van der Waals surface area contributed by atoms with Crippen LogP contribution in [-0.2, 0) is 25.7 Å². The van der Waals surface area contributed by atoms with Crippen molar-refractivity contribution in [2.24, 2.45) is 23.5 Å². The molecule has 0 radical (unpaired) electrons. The van der Waals surface area contributed by atoms with Crippen LogP contribution in [0, 0.1) is 27.9 Å². The van der Waals surface area contributed by atoms with Crippen LogP contribution in [0.15, 0.2) is 71.9 Å². The zero-order valence-corrected chi connectivity index (χ0v) is 26.4. The minimum absolute atomic E-state index is 0.0129. The molecule has 0 bridgehead atoms. The maximum absolute atomic E-state index is 13.6. The molecule has 0 aromatic heterocycles. The topological polar surface area (TPSA) is 159 Å². The number of nitrogens with two attached hydrogens (primary N) is 1. The third-order valence-electron chi connectivity index (χ3n) is 8.74. The Bertz CT molecular complexity index is 1780. The van der Waals surface area contributed by atoms with Crippen molar-refractivity contribution in [3.05, 3.63) is 93.2 Å². The Kier molecular flexibility index (Phi) is 8.68. The van der Waals surface area contributed by atoms with Gasteiger partial charge in [-0.2, -0.15) is 0 Å². The first-order chi connectivity index (χ1) is 21.7. The lowest BCUT2D eigenvalue weighted by Gasteiger charge is -2.47. The van der Waals surface area contributed by atoms with E-state index in [-0.39, 0.29) is 65.7 Å². The molecule has 0 unspecified atom stereocenters. The van der Waals surface area contributed by atoms with Crippen LogP contribution in [-0.4, -0.2) is 71.3 Å².